The number of ether oxygens (including phenoxy) is 1. The SMILES string of the molecule is COc1ccc(N2C[C@@H](C)N[C@@H](C)C2)cc1NS(=O)(=O)c1ccc(-c2ccsc2)cc1C. The summed E-state index contributed by atoms with van der Waals surface area (Å²) in [4.78, 5) is 2.53. The van der Waals surface area contributed by atoms with Gasteiger partial charge in [0.2, 0.25) is 0 Å². The molecule has 2 aromatic carbocycles. The summed E-state index contributed by atoms with van der Waals surface area (Å²) in [6.07, 6.45) is 0. The van der Waals surface area contributed by atoms with Crippen LogP contribution in [-0.2, 0) is 10.0 Å². The van der Waals surface area contributed by atoms with E-state index in [1.54, 1.807) is 24.5 Å². The zero-order valence-electron chi connectivity index (χ0n) is 18.8. The standard InChI is InChI=1S/C24H29N3O3S2/c1-16-11-19(20-9-10-31-15-20)5-8-24(16)32(28,29)26-22-12-21(6-7-23(22)30-4)27-13-17(2)25-18(3)14-27/h5-12,15,17-18,25-26H,13-14H2,1-4H3/t17-,18+. The molecule has 2 atom stereocenters. The van der Waals surface area contributed by atoms with Crippen LogP contribution < -0.4 is 19.7 Å². The van der Waals surface area contributed by atoms with Crippen molar-refractivity contribution in [3.63, 3.8) is 0 Å². The highest BCUT2D eigenvalue weighted by atomic mass is 32.2. The summed E-state index contributed by atoms with van der Waals surface area (Å²) in [7, 11) is -2.25. The first kappa shape index (κ1) is 22.6. The Morgan fingerprint density at radius 3 is 2.44 bits per heavy atom. The molecule has 0 amide bonds. The monoisotopic (exact) mass is 471 g/mol. The van der Waals surface area contributed by atoms with Crippen molar-refractivity contribution in [2.75, 3.05) is 29.8 Å². The van der Waals surface area contributed by atoms with Gasteiger partial charge in [-0.05, 0) is 78.6 Å². The van der Waals surface area contributed by atoms with Crippen molar-refractivity contribution < 1.29 is 13.2 Å². The van der Waals surface area contributed by atoms with Crippen molar-refractivity contribution in [3.05, 3.63) is 58.8 Å². The van der Waals surface area contributed by atoms with Crippen molar-refractivity contribution in [2.24, 2.45) is 0 Å². The van der Waals surface area contributed by atoms with Gasteiger partial charge in [0.25, 0.3) is 10.0 Å². The predicted octanol–water partition coefficient (Wildman–Crippen LogP) is 4.72. The molecule has 1 aliphatic heterocycles. The first-order valence-corrected chi connectivity index (χ1v) is 13.0. The van der Waals surface area contributed by atoms with Crippen molar-refractivity contribution in [1.82, 2.24) is 5.32 Å². The molecule has 0 bridgehead atoms. The van der Waals surface area contributed by atoms with Crippen molar-refractivity contribution >= 4 is 32.7 Å². The number of thiophene rings is 1. The summed E-state index contributed by atoms with van der Waals surface area (Å²) in [5.74, 6) is 0.487. The average molecular weight is 472 g/mol. The first-order valence-electron chi connectivity index (χ1n) is 10.6. The average Bonchev–Trinajstić information content (AvgIpc) is 3.27. The molecule has 8 heteroatoms. The van der Waals surface area contributed by atoms with Crippen LogP contribution in [0.15, 0.2) is 58.1 Å². The number of nitrogens with one attached hydrogen (secondary N) is 2. The molecule has 0 radical (unpaired) electrons. The maximum absolute atomic E-state index is 13.3. The largest absolute Gasteiger partial charge is 0.495 e. The van der Waals surface area contributed by atoms with Crippen LogP contribution in [0.4, 0.5) is 11.4 Å². The number of hydrogen-bond acceptors (Lipinski definition) is 6. The van der Waals surface area contributed by atoms with Crippen molar-refractivity contribution in [2.45, 2.75) is 37.8 Å². The van der Waals surface area contributed by atoms with E-state index in [2.05, 4.69) is 34.2 Å². The molecule has 6 nitrogen and oxygen atoms in total. The third kappa shape index (κ3) is 4.77. The van der Waals surface area contributed by atoms with Gasteiger partial charge in [0.05, 0.1) is 17.7 Å². The highest BCUT2D eigenvalue weighted by Crippen LogP contribution is 2.33. The predicted molar refractivity (Wildman–Crippen MR) is 133 cm³/mol. The van der Waals surface area contributed by atoms with Gasteiger partial charge >= 0.3 is 0 Å². The lowest BCUT2D eigenvalue weighted by Crippen LogP contribution is -2.54. The smallest absolute Gasteiger partial charge is 0.262 e. The van der Waals surface area contributed by atoms with Gasteiger partial charge in [-0.1, -0.05) is 12.1 Å². The summed E-state index contributed by atoms with van der Waals surface area (Å²) in [5, 5.41) is 7.58. The number of aryl methyl sites for hydroxylation is 1. The van der Waals surface area contributed by atoms with Crippen LogP contribution in [-0.4, -0.2) is 40.7 Å². The number of benzene rings is 2. The van der Waals surface area contributed by atoms with E-state index in [1.807, 2.05) is 48.7 Å². The molecule has 1 aromatic heterocycles. The van der Waals surface area contributed by atoms with Gasteiger partial charge in [0.1, 0.15) is 5.75 Å². The molecule has 0 spiro atoms. The summed E-state index contributed by atoms with van der Waals surface area (Å²) in [5.41, 5.74) is 4.19. The molecule has 170 valence electrons. The van der Waals surface area contributed by atoms with E-state index in [-0.39, 0.29) is 4.90 Å². The van der Waals surface area contributed by atoms with E-state index in [0.717, 1.165) is 29.9 Å². The van der Waals surface area contributed by atoms with Crippen LogP contribution in [0.2, 0.25) is 0 Å². The Bertz CT molecular complexity index is 1180. The van der Waals surface area contributed by atoms with E-state index in [4.69, 9.17) is 4.74 Å². The van der Waals surface area contributed by atoms with Crippen LogP contribution in [0.5, 0.6) is 5.75 Å². The Hall–Kier alpha value is -2.55. The number of rotatable bonds is 6. The molecule has 2 heterocycles. The van der Waals surface area contributed by atoms with Gasteiger partial charge in [0.15, 0.2) is 0 Å². The maximum Gasteiger partial charge on any atom is 0.262 e. The van der Waals surface area contributed by atoms with Gasteiger partial charge in [0, 0.05) is 30.9 Å². The summed E-state index contributed by atoms with van der Waals surface area (Å²) < 4.78 is 34.8. The highest BCUT2D eigenvalue weighted by Gasteiger charge is 2.24. The van der Waals surface area contributed by atoms with Gasteiger partial charge in [-0.25, -0.2) is 8.42 Å². The second kappa shape index (κ2) is 9.13. The number of piperazine rings is 1. The molecule has 3 aromatic rings. The minimum Gasteiger partial charge on any atom is -0.495 e. The van der Waals surface area contributed by atoms with Crippen molar-refractivity contribution in [3.8, 4) is 16.9 Å². The number of nitrogens with zero attached hydrogens (tertiary/aromatic N) is 1. The number of methoxy groups -OCH3 is 1. The van der Waals surface area contributed by atoms with Gasteiger partial charge in [-0.15, -0.1) is 0 Å². The van der Waals surface area contributed by atoms with Crippen LogP contribution in [0.25, 0.3) is 11.1 Å². The fraction of sp³-hybridized carbons (Fsp3) is 0.333. The Morgan fingerprint density at radius 1 is 1.06 bits per heavy atom. The Morgan fingerprint density at radius 2 is 1.81 bits per heavy atom. The number of hydrogen-bond donors (Lipinski definition) is 2. The molecule has 4 rings (SSSR count). The lowest BCUT2D eigenvalue weighted by atomic mass is 10.1. The van der Waals surface area contributed by atoms with Crippen LogP contribution >= 0.6 is 11.3 Å². The van der Waals surface area contributed by atoms with Gasteiger partial charge in [-0.2, -0.15) is 11.3 Å². The maximum atomic E-state index is 13.3. The van der Waals surface area contributed by atoms with Gasteiger partial charge < -0.3 is 15.0 Å². The normalized spacial score (nSPS) is 19.1. The summed E-state index contributed by atoms with van der Waals surface area (Å²) in [6, 6.07) is 13.8. The van der Waals surface area contributed by atoms with E-state index in [1.165, 1.54) is 0 Å². The summed E-state index contributed by atoms with van der Waals surface area (Å²) in [6.45, 7) is 7.83. The molecular formula is C24H29N3O3S2. The second-order valence-corrected chi connectivity index (χ2v) is 10.8. The molecule has 1 aliphatic rings. The molecule has 2 N–H and O–H groups in total. The molecule has 0 aliphatic carbocycles. The molecule has 0 unspecified atom stereocenters. The topological polar surface area (TPSA) is 70.7 Å². The van der Waals surface area contributed by atoms with E-state index < -0.39 is 10.0 Å². The zero-order chi connectivity index (χ0) is 22.9. The third-order valence-corrected chi connectivity index (χ3v) is 7.88. The van der Waals surface area contributed by atoms with E-state index >= 15 is 0 Å². The first-order chi connectivity index (χ1) is 15.3. The minimum absolute atomic E-state index is 0.258. The second-order valence-electron chi connectivity index (χ2n) is 8.36. The fourth-order valence-corrected chi connectivity index (χ4v) is 6.22. The lowest BCUT2D eigenvalue weighted by molar-refractivity contribution is 0.406. The van der Waals surface area contributed by atoms with Crippen molar-refractivity contribution in [1.29, 1.82) is 0 Å². The Balaban J connectivity index is 1.64. The molecule has 0 saturated carbocycles. The molecular weight excluding hydrogens is 442 g/mol. The van der Waals surface area contributed by atoms with E-state index in [9.17, 15) is 8.42 Å². The molecule has 32 heavy (non-hydrogen) atoms. The highest BCUT2D eigenvalue weighted by molar-refractivity contribution is 7.92. The zero-order valence-corrected chi connectivity index (χ0v) is 20.4. The number of anilines is 2. The van der Waals surface area contributed by atoms with Crippen LogP contribution in [0.3, 0.4) is 0 Å². The summed E-state index contributed by atoms with van der Waals surface area (Å²) >= 11 is 1.62. The van der Waals surface area contributed by atoms with Crippen LogP contribution in [0, 0.1) is 6.92 Å². The quantitative estimate of drug-likeness (QED) is 0.544. The fourth-order valence-electron chi connectivity index (χ4n) is 4.27. The van der Waals surface area contributed by atoms with E-state index in [0.29, 0.717) is 29.1 Å². The van der Waals surface area contributed by atoms with Gasteiger partial charge in [-0.3, -0.25) is 4.72 Å². The molecule has 1 saturated heterocycles. The Kier molecular flexibility index (Phi) is 6.46. The minimum atomic E-state index is -3.79. The molecule has 1 fully saturated rings. The number of sulfonamides is 1. The Labute approximate surface area is 194 Å². The lowest BCUT2D eigenvalue weighted by Gasteiger charge is -2.38. The third-order valence-electron chi connectivity index (χ3n) is 5.67. The van der Waals surface area contributed by atoms with Crippen LogP contribution in [0.1, 0.15) is 19.4 Å².